The van der Waals surface area contributed by atoms with Crippen molar-refractivity contribution >= 4 is 28.4 Å². The van der Waals surface area contributed by atoms with E-state index >= 15 is 0 Å². The lowest BCUT2D eigenvalue weighted by Gasteiger charge is -2.11. The number of thioether (sulfide) groups is 1. The van der Waals surface area contributed by atoms with Crippen molar-refractivity contribution in [1.82, 2.24) is 14.8 Å². The second-order valence-corrected chi connectivity index (χ2v) is 5.22. The molecule has 0 radical (unpaired) electrons. The fourth-order valence-electron chi connectivity index (χ4n) is 2.10. The van der Waals surface area contributed by atoms with E-state index in [4.69, 9.17) is 11.6 Å². The topological polar surface area (TPSA) is 43.1 Å². The van der Waals surface area contributed by atoms with Crippen molar-refractivity contribution in [3.63, 3.8) is 0 Å². The van der Waals surface area contributed by atoms with Crippen molar-refractivity contribution in [2.24, 2.45) is 4.99 Å². The van der Waals surface area contributed by atoms with E-state index in [0.717, 1.165) is 27.9 Å². The van der Waals surface area contributed by atoms with Gasteiger partial charge in [-0.05, 0) is 31.4 Å². The van der Waals surface area contributed by atoms with Crippen LogP contribution in [0, 0.1) is 6.92 Å². The van der Waals surface area contributed by atoms with E-state index in [0.29, 0.717) is 11.6 Å². The lowest BCUT2D eigenvalue weighted by atomic mass is 10.2. The van der Waals surface area contributed by atoms with Crippen molar-refractivity contribution in [2.75, 3.05) is 6.26 Å². The number of rotatable bonds is 0. The maximum atomic E-state index is 6.09. The van der Waals surface area contributed by atoms with Crippen LogP contribution in [-0.2, 0) is 6.54 Å². The zero-order valence-electron chi connectivity index (χ0n) is 10.0. The molecule has 0 amide bonds. The number of hydrogen-bond acceptors (Lipinski definition) is 4. The summed E-state index contributed by atoms with van der Waals surface area (Å²) in [5.74, 6) is 1.73. The quantitative estimate of drug-likeness (QED) is 0.744. The van der Waals surface area contributed by atoms with E-state index in [2.05, 4.69) is 15.2 Å². The molecular weight excluding hydrogens is 268 g/mol. The molecule has 1 aliphatic rings. The summed E-state index contributed by atoms with van der Waals surface area (Å²) in [7, 11) is 0. The molecule has 0 bridgehead atoms. The number of benzene rings is 1. The molecule has 92 valence electrons. The van der Waals surface area contributed by atoms with Crippen molar-refractivity contribution in [1.29, 1.82) is 0 Å². The van der Waals surface area contributed by atoms with Crippen molar-refractivity contribution in [3.8, 4) is 5.69 Å². The molecule has 2 heterocycles. The highest BCUT2D eigenvalue weighted by atomic mass is 35.5. The lowest BCUT2D eigenvalue weighted by Crippen LogP contribution is -2.05. The predicted octanol–water partition coefficient (Wildman–Crippen LogP) is 2.85. The van der Waals surface area contributed by atoms with Gasteiger partial charge in [0.2, 0.25) is 0 Å². The Labute approximate surface area is 114 Å². The molecule has 0 saturated heterocycles. The number of halogens is 1. The molecule has 0 N–H and O–H groups in total. The summed E-state index contributed by atoms with van der Waals surface area (Å²) in [4.78, 5) is 4.58. The van der Waals surface area contributed by atoms with E-state index < -0.39 is 0 Å². The Morgan fingerprint density at radius 3 is 2.94 bits per heavy atom. The van der Waals surface area contributed by atoms with Crippen LogP contribution in [0.25, 0.3) is 5.69 Å². The number of fused-ring (bicyclic) bond motifs is 3. The third kappa shape index (κ3) is 1.74. The molecule has 2 aromatic rings. The Morgan fingerprint density at radius 2 is 2.17 bits per heavy atom. The molecule has 0 saturated carbocycles. The van der Waals surface area contributed by atoms with Crippen LogP contribution < -0.4 is 0 Å². The summed E-state index contributed by atoms with van der Waals surface area (Å²) in [5, 5.41) is 9.98. The van der Waals surface area contributed by atoms with E-state index in [1.54, 1.807) is 11.8 Å². The van der Waals surface area contributed by atoms with E-state index in [-0.39, 0.29) is 0 Å². The molecule has 0 spiro atoms. The minimum atomic E-state index is 0.545. The summed E-state index contributed by atoms with van der Waals surface area (Å²) in [5.41, 5.74) is 2.08. The van der Waals surface area contributed by atoms with Crippen LogP contribution >= 0.6 is 23.4 Å². The van der Waals surface area contributed by atoms with Gasteiger partial charge in [0.1, 0.15) is 17.4 Å². The van der Waals surface area contributed by atoms with Crippen LogP contribution in [0.5, 0.6) is 0 Å². The Balaban J connectivity index is 2.33. The Morgan fingerprint density at radius 1 is 1.33 bits per heavy atom. The SMILES string of the molecule is CSC1=NCc2nnc(C)n2-c2ccc(Cl)cc21. The zero-order chi connectivity index (χ0) is 12.7. The van der Waals surface area contributed by atoms with E-state index in [1.807, 2.05) is 35.9 Å². The maximum absolute atomic E-state index is 6.09. The van der Waals surface area contributed by atoms with Crippen molar-refractivity contribution < 1.29 is 0 Å². The fraction of sp³-hybridized carbons (Fsp3) is 0.250. The summed E-state index contributed by atoms with van der Waals surface area (Å²) in [6.45, 7) is 2.49. The maximum Gasteiger partial charge on any atom is 0.159 e. The summed E-state index contributed by atoms with van der Waals surface area (Å²) in [6, 6.07) is 5.82. The summed E-state index contributed by atoms with van der Waals surface area (Å²) < 4.78 is 2.04. The van der Waals surface area contributed by atoms with Crippen LogP contribution in [0.1, 0.15) is 17.2 Å². The molecular formula is C12H11ClN4S. The van der Waals surface area contributed by atoms with Crippen LogP contribution in [0.15, 0.2) is 23.2 Å². The van der Waals surface area contributed by atoms with Gasteiger partial charge >= 0.3 is 0 Å². The number of hydrogen-bond donors (Lipinski definition) is 0. The number of aliphatic imine (C=N–C) groups is 1. The van der Waals surface area contributed by atoms with Crippen molar-refractivity contribution in [2.45, 2.75) is 13.5 Å². The third-order valence-electron chi connectivity index (χ3n) is 2.88. The molecule has 6 heteroatoms. The van der Waals surface area contributed by atoms with Gasteiger partial charge < -0.3 is 0 Å². The fourth-order valence-corrected chi connectivity index (χ4v) is 2.85. The first-order valence-electron chi connectivity index (χ1n) is 5.50. The predicted molar refractivity (Wildman–Crippen MR) is 74.9 cm³/mol. The highest BCUT2D eigenvalue weighted by molar-refractivity contribution is 8.13. The van der Waals surface area contributed by atoms with Gasteiger partial charge in [-0.1, -0.05) is 11.6 Å². The Hall–Kier alpha value is -1.33. The van der Waals surface area contributed by atoms with Crippen LogP contribution in [0.4, 0.5) is 0 Å². The molecule has 18 heavy (non-hydrogen) atoms. The summed E-state index contributed by atoms with van der Waals surface area (Å²) >= 11 is 7.71. The standard InChI is InChI=1S/C12H11ClN4S/c1-7-15-16-11-6-14-12(18-2)9-5-8(13)3-4-10(9)17(7)11/h3-5H,6H2,1-2H3. The van der Waals surface area contributed by atoms with Crippen molar-refractivity contribution in [3.05, 3.63) is 40.4 Å². The monoisotopic (exact) mass is 278 g/mol. The summed E-state index contributed by atoms with van der Waals surface area (Å²) in [6.07, 6.45) is 2.02. The van der Waals surface area contributed by atoms with Gasteiger partial charge in [-0.3, -0.25) is 9.56 Å². The minimum absolute atomic E-state index is 0.545. The van der Waals surface area contributed by atoms with Crippen LogP contribution in [0.2, 0.25) is 5.02 Å². The highest BCUT2D eigenvalue weighted by Crippen LogP contribution is 2.28. The van der Waals surface area contributed by atoms with Gasteiger partial charge in [0, 0.05) is 10.6 Å². The molecule has 1 aliphatic heterocycles. The van der Waals surface area contributed by atoms with Gasteiger partial charge in [0.15, 0.2) is 5.82 Å². The first-order valence-corrected chi connectivity index (χ1v) is 7.10. The Bertz CT molecular complexity index is 648. The third-order valence-corrected chi connectivity index (χ3v) is 3.85. The van der Waals surface area contributed by atoms with E-state index in [1.165, 1.54) is 0 Å². The molecule has 0 atom stereocenters. The van der Waals surface area contributed by atoms with E-state index in [9.17, 15) is 0 Å². The number of aryl methyl sites for hydroxylation is 1. The van der Waals surface area contributed by atoms with Crippen LogP contribution in [0.3, 0.4) is 0 Å². The lowest BCUT2D eigenvalue weighted by molar-refractivity contribution is 0.862. The smallest absolute Gasteiger partial charge is 0.159 e. The van der Waals surface area contributed by atoms with Crippen LogP contribution in [-0.4, -0.2) is 26.1 Å². The van der Waals surface area contributed by atoms with Gasteiger partial charge in [0.25, 0.3) is 0 Å². The van der Waals surface area contributed by atoms with Gasteiger partial charge in [-0.15, -0.1) is 22.0 Å². The molecule has 4 nitrogen and oxygen atoms in total. The molecule has 1 aromatic carbocycles. The van der Waals surface area contributed by atoms with Gasteiger partial charge in [0.05, 0.1) is 5.69 Å². The zero-order valence-corrected chi connectivity index (χ0v) is 11.6. The molecule has 0 unspecified atom stereocenters. The Kier molecular flexibility index (Phi) is 2.87. The largest absolute Gasteiger partial charge is 0.281 e. The molecule has 1 aromatic heterocycles. The number of aromatic nitrogens is 3. The molecule has 0 aliphatic carbocycles. The normalized spacial score (nSPS) is 13.6. The average Bonchev–Trinajstić information content (AvgIpc) is 2.65. The second kappa shape index (κ2) is 4.40. The first kappa shape index (κ1) is 11.7. The molecule has 3 rings (SSSR count). The van der Waals surface area contributed by atoms with Gasteiger partial charge in [-0.25, -0.2) is 0 Å². The molecule has 0 fully saturated rings. The van der Waals surface area contributed by atoms with Gasteiger partial charge in [-0.2, -0.15) is 0 Å². The highest BCUT2D eigenvalue weighted by Gasteiger charge is 2.20. The first-order chi connectivity index (χ1) is 8.70. The minimum Gasteiger partial charge on any atom is -0.281 e. The average molecular weight is 279 g/mol. The second-order valence-electron chi connectivity index (χ2n) is 3.99. The number of nitrogens with zero attached hydrogens (tertiary/aromatic N) is 4.